The molecule has 3 N–H and O–H groups in total. The topological polar surface area (TPSA) is 103 Å². The second-order valence-electron chi connectivity index (χ2n) is 8.06. The fourth-order valence-electron chi connectivity index (χ4n) is 3.88. The number of nitrogen functional groups attached to an aromatic ring is 1. The van der Waals surface area contributed by atoms with E-state index in [0.717, 1.165) is 35.0 Å². The van der Waals surface area contributed by atoms with Gasteiger partial charge in [-0.15, -0.1) is 0 Å². The van der Waals surface area contributed by atoms with Crippen molar-refractivity contribution in [1.29, 1.82) is 0 Å². The van der Waals surface area contributed by atoms with Crippen LogP contribution in [0.2, 0.25) is 0 Å². The minimum atomic E-state index is -3.60. The molecule has 10 heteroatoms. The van der Waals surface area contributed by atoms with E-state index in [2.05, 4.69) is 14.7 Å². The van der Waals surface area contributed by atoms with Gasteiger partial charge in [0.15, 0.2) is 0 Å². The first-order chi connectivity index (χ1) is 16.7. The molecule has 0 unspecified atom stereocenters. The molecule has 2 aromatic heterocycles. The van der Waals surface area contributed by atoms with E-state index in [1.54, 1.807) is 35.3 Å². The second-order valence-corrected chi connectivity index (χ2v) is 9.81. The Balaban J connectivity index is 1.64. The summed E-state index contributed by atoms with van der Waals surface area (Å²) in [5.74, 6) is -1.04. The van der Waals surface area contributed by atoms with E-state index < -0.39 is 21.7 Å². The third-order valence-electron chi connectivity index (χ3n) is 5.41. The molecule has 176 valence electrons. The van der Waals surface area contributed by atoms with Gasteiger partial charge < -0.3 is 5.73 Å². The Morgan fingerprint density at radius 1 is 0.886 bits per heavy atom. The number of halogens is 2. The summed E-state index contributed by atoms with van der Waals surface area (Å²) in [5.41, 5.74) is 10.2. The van der Waals surface area contributed by atoms with Gasteiger partial charge in [-0.3, -0.25) is 9.29 Å². The predicted octanol–water partition coefficient (Wildman–Crippen LogP) is 4.99. The molecule has 0 aliphatic rings. The van der Waals surface area contributed by atoms with Gasteiger partial charge in [0.1, 0.15) is 23.8 Å². The van der Waals surface area contributed by atoms with Crippen molar-refractivity contribution in [2.24, 2.45) is 0 Å². The van der Waals surface area contributed by atoms with Gasteiger partial charge in [-0.1, -0.05) is 6.07 Å². The first-order valence-electron chi connectivity index (χ1n) is 10.4. The zero-order chi connectivity index (χ0) is 24.7. The average molecular weight is 492 g/mol. The Bertz CT molecular complexity index is 1680. The highest BCUT2D eigenvalue weighted by atomic mass is 32.2. The van der Waals surface area contributed by atoms with Gasteiger partial charge in [-0.05, 0) is 65.7 Å². The number of nitrogens with one attached hydrogen (secondary N) is 1. The van der Waals surface area contributed by atoms with Gasteiger partial charge in [0.05, 0.1) is 23.0 Å². The van der Waals surface area contributed by atoms with Crippen LogP contribution >= 0.6 is 0 Å². The van der Waals surface area contributed by atoms with Crippen molar-refractivity contribution < 1.29 is 17.2 Å². The predicted molar refractivity (Wildman–Crippen MR) is 133 cm³/mol. The van der Waals surface area contributed by atoms with E-state index in [1.807, 2.05) is 24.3 Å². The molecule has 5 aromatic rings. The fourth-order valence-corrected chi connectivity index (χ4v) is 4.42. The third kappa shape index (κ3) is 4.69. The Kier molecular flexibility index (Phi) is 5.45. The van der Waals surface area contributed by atoms with Crippen LogP contribution < -0.4 is 10.5 Å². The van der Waals surface area contributed by atoms with Crippen LogP contribution in [-0.2, 0) is 10.0 Å². The first-order valence-corrected chi connectivity index (χ1v) is 12.3. The maximum absolute atomic E-state index is 14.6. The second kappa shape index (κ2) is 8.48. The molecule has 0 atom stereocenters. The summed E-state index contributed by atoms with van der Waals surface area (Å²) < 4.78 is 56.0. The van der Waals surface area contributed by atoms with Crippen LogP contribution in [-0.4, -0.2) is 29.2 Å². The zero-order valence-corrected chi connectivity index (χ0v) is 19.2. The lowest BCUT2D eigenvalue weighted by atomic mass is 10.0. The average Bonchev–Trinajstić information content (AvgIpc) is 3.21. The molecular formula is C25H19F2N5O2S. The highest BCUT2D eigenvalue weighted by Crippen LogP contribution is 2.32. The van der Waals surface area contributed by atoms with E-state index in [4.69, 9.17) is 5.73 Å². The number of benzene rings is 3. The van der Waals surface area contributed by atoms with E-state index in [9.17, 15) is 17.2 Å². The van der Waals surface area contributed by atoms with Crippen LogP contribution in [0, 0.1) is 11.6 Å². The Hall–Kier alpha value is -4.31. The third-order valence-corrected chi connectivity index (χ3v) is 6.01. The molecular weight excluding hydrogens is 472 g/mol. The van der Waals surface area contributed by atoms with Gasteiger partial charge >= 0.3 is 0 Å². The number of sulfonamides is 1. The number of pyridine rings is 1. The summed E-state index contributed by atoms with van der Waals surface area (Å²) >= 11 is 0. The molecule has 0 fully saturated rings. The summed E-state index contributed by atoms with van der Waals surface area (Å²) in [6.07, 6.45) is 4.30. The van der Waals surface area contributed by atoms with E-state index >= 15 is 0 Å². The lowest BCUT2D eigenvalue weighted by molar-refractivity contribution is 0.585. The maximum Gasteiger partial charge on any atom is 0.229 e. The summed E-state index contributed by atoms with van der Waals surface area (Å²) in [4.78, 5) is 8.61. The van der Waals surface area contributed by atoms with Crippen LogP contribution in [0.4, 0.5) is 20.3 Å². The molecule has 0 radical (unpaired) electrons. The lowest BCUT2D eigenvalue weighted by Crippen LogP contribution is -2.10. The molecule has 0 aliphatic carbocycles. The SMILES string of the molecule is CS(=O)(=O)Nc1cc(-c2ccc(F)cc2F)cc(-n2cnc3cc(-c4ccc(N)nc4)ccc32)c1. The van der Waals surface area contributed by atoms with E-state index in [-0.39, 0.29) is 11.3 Å². The number of rotatable bonds is 5. The molecule has 3 aromatic carbocycles. The minimum Gasteiger partial charge on any atom is -0.384 e. The smallest absolute Gasteiger partial charge is 0.229 e. The number of hydrogen-bond acceptors (Lipinski definition) is 5. The van der Waals surface area contributed by atoms with Gasteiger partial charge in [0.25, 0.3) is 0 Å². The fraction of sp³-hybridized carbons (Fsp3) is 0.0400. The molecule has 0 amide bonds. The van der Waals surface area contributed by atoms with Crippen LogP contribution in [0.5, 0.6) is 0 Å². The van der Waals surface area contributed by atoms with Crippen LogP contribution in [0.25, 0.3) is 39.0 Å². The van der Waals surface area contributed by atoms with Crippen molar-refractivity contribution in [2.75, 3.05) is 16.7 Å². The van der Waals surface area contributed by atoms with Crippen molar-refractivity contribution in [3.8, 4) is 27.9 Å². The lowest BCUT2D eigenvalue weighted by Gasteiger charge is -2.13. The minimum absolute atomic E-state index is 0.132. The number of nitrogens with zero attached hydrogens (tertiary/aromatic N) is 3. The van der Waals surface area contributed by atoms with Crippen molar-refractivity contribution in [3.63, 3.8) is 0 Å². The van der Waals surface area contributed by atoms with E-state index in [0.29, 0.717) is 22.6 Å². The largest absolute Gasteiger partial charge is 0.384 e. The highest BCUT2D eigenvalue weighted by molar-refractivity contribution is 7.92. The maximum atomic E-state index is 14.6. The Labute approximate surface area is 199 Å². The van der Waals surface area contributed by atoms with E-state index in [1.165, 1.54) is 12.1 Å². The van der Waals surface area contributed by atoms with Crippen molar-refractivity contribution in [3.05, 3.63) is 90.9 Å². The number of imidazole rings is 1. The molecule has 5 rings (SSSR count). The van der Waals surface area contributed by atoms with Crippen LogP contribution in [0.1, 0.15) is 0 Å². The van der Waals surface area contributed by atoms with Crippen LogP contribution in [0.15, 0.2) is 79.3 Å². The van der Waals surface area contributed by atoms with Crippen LogP contribution in [0.3, 0.4) is 0 Å². The standard InChI is InChI=1S/C25H19F2N5O2S/c1-35(33,34)31-19-8-17(21-5-4-18(26)11-22(21)27)9-20(12-19)32-14-30-23-10-15(2-6-24(23)32)16-3-7-25(28)29-13-16/h2-14,31H,1H3,(H2,28,29). The molecule has 0 aliphatic heterocycles. The molecule has 7 nitrogen and oxygen atoms in total. The number of nitrogens with two attached hydrogens (primary N) is 1. The number of aromatic nitrogens is 3. The zero-order valence-electron chi connectivity index (χ0n) is 18.4. The number of hydrogen-bond donors (Lipinski definition) is 2. The number of anilines is 2. The molecule has 35 heavy (non-hydrogen) atoms. The molecule has 0 bridgehead atoms. The van der Waals surface area contributed by atoms with Crippen molar-refractivity contribution >= 4 is 32.6 Å². The normalized spacial score (nSPS) is 11.6. The first kappa shape index (κ1) is 22.5. The Morgan fingerprint density at radius 3 is 2.40 bits per heavy atom. The quantitative estimate of drug-likeness (QED) is 0.361. The summed E-state index contributed by atoms with van der Waals surface area (Å²) in [6, 6.07) is 17.3. The van der Waals surface area contributed by atoms with Gasteiger partial charge in [-0.2, -0.15) is 0 Å². The monoisotopic (exact) mass is 491 g/mol. The molecule has 0 spiro atoms. The van der Waals surface area contributed by atoms with Gasteiger partial charge in [0.2, 0.25) is 10.0 Å². The van der Waals surface area contributed by atoms with Gasteiger partial charge in [-0.25, -0.2) is 27.2 Å². The van der Waals surface area contributed by atoms with Crippen molar-refractivity contribution in [1.82, 2.24) is 14.5 Å². The summed E-state index contributed by atoms with van der Waals surface area (Å²) in [7, 11) is -3.60. The number of fused-ring (bicyclic) bond motifs is 1. The molecule has 0 saturated carbocycles. The van der Waals surface area contributed by atoms with Gasteiger partial charge in [0, 0.05) is 29.1 Å². The van der Waals surface area contributed by atoms with Crippen molar-refractivity contribution in [2.45, 2.75) is 0 Å². The Morgan fingerprint density at radius 2 is 1.69 bits per heavy atom. The summed E-state index contributed by atoms with van der Waals surface area (Å²) in [5, 5.41) is 0. The molecule has 2 heterocycles. The highest BCUT2D eigenvalue weighted by Gasteiger charge is 2.14. The summed E-state index contributed by atoms with van der Waals surface area (Å²) in [6.45, 7) is 0. The molecule has 0 saturated heterocycles.